The number of nitrogens with zero attached hydrogens (tertiary/aromatic N) is 1. The first-order chi connectivity index (χ1) is 12.3. The molecule has 7 heteroatoms. The van der Waals surface area contributed by atoms with Gasteiger partial charge in [0.1, 0.15) is 0 Å². The molecule has 3 rings (SSSR count). The fraction of sp³-hybridized carbons (Fsp3) is 0.368. The third-order valence-electron chi connectivity index (χ3n) is 4.81. The predicted molar refractivity (Wildman–Crippen MR) is 90.4 cm³/mol. The van der Waals surface area contributed by atoms with Crippen molar-refractivity contribution in [2.24, 2.45) is 5.73 Å². The number of hydrogen-bond acceptors (Lipinski definition) is 3. The van der Waals surface area contributed by atoms with Gasteiger partial charge in [0.15, 0.2) is 0 Å². The number of alkyl halides is 3. The highest BCUT2D eigenvalue weighted by molar-refractivity contribution is 5.95. The van der Waals surface area contributed by atoms with Gasteiger partial charge in [-0.15, -0.1) is 0 Å². The highest BCUT2D eigenvalue weighted by Gasteiger charge is 2.31. The molecule has 1 aromatic carbocycles. The number of hydrogen-bond donors (Lipinski definition) is 2. The van der Waals surface area contributed by atoms with E-state index in [4.69, 9.17) is 5.73 Å². The summed E-state index contributed by atoms with van der Waals surface area (Å²) in [6, 6.07) is 6.17. The number of aliphatic hydroxyl groups is 1. The van der Waals surface area contributed by atoms with E-state index >= 15 is 0 Å². The molecule has 4 nitrogen and oxygen atoms in total. The van der Waals surface area contributed by atoms with Gasteiger partial charge in [-0.3, -0.25) is 9.78 Å². The Labute approximate surface area is 148 Å². The summed E-state index contributed by atoms with van der Waals surface area (Å²) in [4.78, 5) is 16.2. The molecule has 3 N–H and O–H groups in total. The molecule has 138 valence electrons. The molecular formula is C19H19F3N2O2. The van der Waals surface area contributed by atoms with Crippen LogP contribution in [0.4, 0.5) is 13.2 Å². The quantitative estimate of drug-likeness (QED) is 0.868. The van der Waals surface area contributed by atoms with Gasteiger partial charge in [0, 0.05) is 17.7 Å². The molecule has 1 aromatic heterocycles. The molecule has 26 heavy (non-hydrogen) atoms. The zero-order valence-corrected chi connectivity index (χ0v) is 14.0. The first-order valence-corrected chi connectivity index (χ1v) is 8.43. The van der Waals surface area contributed by atoms with E-state index in [0.29, 0.717) is 29.7 Å². The van der Waals surface area contributed by atoms with Crippen LogP contribution in [-0.4, -0.2) is 22.1 Å². The van der Waals surface area contributed by atoms with Crippen LogP contribution in [-0.2, 0) is 6.18 Å². The van der Waals surface area contributed by atoms with Gasteiger partial charge in [-0.1, -0.05) is 25.0 Å². The van der Waals surface area contributed by atoms with E-state index < -0.39 is 23.8 Å². The molecule has 0 saturated heterocycles. The summed E-state index contributed by atoms with van der Waals surface area (Å²) in [5.74, 6) is -0.924. The third kappa shape index (κ3) is 3.72. The van der Waals surface area contributed by atoms with Gasteiger partial charge in [-0.05, 0) is 36.6 Å². The van der Waals surface area contributed by atoms with E-state index in [0.717, 1.165) is 25.0 Å². The Balaban J connectivity index is 1.97. The Morgan fingerprint density at radius 1 is 1.12 bits per heavy atom. The molecule has 0 spiro atoms. The summed E-state index contributed by atoms with van der Waals surface area (Å²) in [6.45, 7) is 0. The molecule has 0 radical (unpaired) electrons. The highest BCUT2D eigenvalue weighted by Crippen LogP contribution is 2.35. The minimum absolute atomic E-state index is 0.202. The summed E-state index contributed by atoms with van der Waals surface area (Å²) in [5.41, 5.74) is 6.41. The van der Waals surface area contributed by atoms with Gasteiger partial charge in [0.25, 0.3) is 5.91 Å². The van der Waals surface area contributed by atoms with Crippen molar-refractivity contribution in [2.45, 2.75) is 43.9 Å². The van der Waals surface area contributed by atoms with Crippen molar-refractivity contribution in [3.63, 3.8) is 0 Å². The van der Waals surface area contributed by atoms with Crippen molar-refractivity contribution >= 4 is 5.91 Å². The lowest BCUT2D eigenvalue weighted by Crippen LogP contribution is -2.26. The van der Waals surface area contributed by atoms with Gasteiger partial charge in [0.2, 0.25) is 0 Å². The van der Waals surface area contributed by atoms with Gasteiger partial charge < -0.3 is 10.8 Å². The first-order valence-electron chi connectivity index (χ1n) is 8.43. The SMILES string of the molecule is NC(=O)c1cc(-c2ccc(C(F)(F)F)cc2)cnc1[C@H]1CCCC[C@H]1O. The third-order valence-corrected chi connectivity index (χ3v) is 4.81. The maximum Gasteiger partial charge on any atom is 0.416 e. The van der Waals surface area contributed by atoms with Gasteiger partial charge in [-0.25, -0.2) is 0 Å². The van der Waals surface area contributed by atoms with Crippen LogP contribution in [0.3, 0.4) is 0 Å². The smallest absolute Gasteiger partial charge is 0.392 e. The maximum absolute atomic E-state index is 12.7. The molecule has 1 fully saturated rings. The summed E-state index contributed by atoms with van der Waals surface area (Å²) < 4.78 is 38.1. The number of halogens is 3. The second-order valence-corrected chi connectivity index (χ2v) is 6.55. The van der Waals surface area contributed by atoms with Crippen molar-refractivity contribution in [1.29, 1.82) is 0 Å². The Hall–Kier alpha value is -2.41. The van der Waals surface area contributed by atoms with Crippen LogP contribution in [0.2, 0.25) is 0 Å². The Morgan fingerprint density at radius 3 is 2.35 bits per heavy atom. The second kappa shape index (κ2) is 7.07. The number of pyridine rings is 1. The fourth-order valence-corrected chi connectivity index (χ4v) is 3.41. The summed E-state index contributed by atoms with van der Waals surface area (Å²) >= 11 is 0. The van der Waals surface area contributed by atoms with Crippen LogP contribution in [0.5, 0.6) is 0 Å². The number of rotatable bonds is 3. The van der Waals surface area contributed by atoms with Crippen LogP contribution in [0.1, 0.15) is 53.2 Å². The average Bonchev–Trinajstić information content (AvgIpc) is 2.61. The van der Waals surface area contributed by atoms with E-state index in [1.54, 1.807) is 0 Å². The molecule has 0 unspecified atom stereocenters. The highest BCUT2D eigenvalue weighted by atomic mass is 19.4. The van der Waals surface area contributed by atoms with Crippen LogP contribution >= 0.6 is 0 Å². The topological polar surface area (TPSA) is 76.2 Å². The molecule has 2 atom stereocenters. The minimum Gasteiger partial charge on any atom is -0.392 e. The minimum atomic E-state index is -4.41. The lowest BCUT2D eigenvalue weighted by molar-refractivity contribution is -0.137. The summed E-state index contributed by atoms with van der Waals surface area (Å²) in [5, 5.41) is 10.2. The van der Waals surface area contributed by atoms with Crippen molar-refractivity contribution < 1.29 is 23.1 Å². The molecule has 2 aromatic rings. The number of aromatic nitrogens is 1. The molecule has 0 aliphatic heterocycles. The molecule has 1 saturated carbocycles. The van der Waals surface area contributed by atoms with E-state index in [-0.39, 0.29) is 11.5 Å². The van der Waals surface area contributed by atoms with Crippen molar-refractivity contribution in [2.75, 3.05) is 0 Å². The van der Waals surface area contributed by atoms with Crippen LogP contribution in [0, 0.1) is 0 Å². The molecule has 1 amide bonds. The van der Waals surface area contributed by atoms with Crippen molar-refractivity contribution in [3.05, 3.63) is 53.3 Å². The average molecular weight is 364 g/mol. The number of benzene rings is 1. The first kappa shape index (κ1) is 18.4. The lowest BCUT2D eigenvalue weighted by Gasteiger charge is -2.28. The molecule has 0 bridgehead atoms. The van der Waals surface area contributed by atoms with Gasteiger partial charge >= 0.3 is 6.18 Å². The molecular weight excluding hydrogens is 345 g/mol. The Kier molecular flexibility index (Phi) is 5.00. The number of amides is 1. The number of aliphatic hydroxyl groups excluding tert-OH is 1. The maximum atomic E-state index is 12.7. The van der Waals surface area contributed by atoms with E-state index in [9.17, 15) is 23.1 Å². The zero-order chi connectivity index (χ0) is 18.9. The number of carbonyl (C=O) groups is 1. The number of primary amides is 1. The van der Waals surface area contributed by atoms with E-state index in [1.807, 2.05) is 0 Å². The Morgan fingerprint density at radius 2 is 1.77 bits per heavy atom. The monoisotopic (exact) mass is 364 g/mol. The Bertz CT molecular complexity index is 803. The fourth-order valence-electron chi connectivity index (χ4n) is 3.41. The van der Waals surface area contributed by atoms with E-state index in [1.165, 1.54) is 24.4 Å². The van der Waals surface area contributed by atoms with Crippen molar-refractivity contribution in [3.8, 4) is 11.1 Å². The van der Waals surface area contributed by atoms with Gasteiger partial charge in [0.05, 0.1) is 22.9 Å². The zero-order valence-electron chi connectivity index (χ0n) is 14.0. The molecule has 1 aliphatic carbocycles. The van der Waals surface area contributed by atoms with E-state index in [2.05, 4.69) is 4.98 Å². The molecule has 1 aliphatic rings. The number of nitrogens with two attached hydrogens (primary N) is 1. The van der Waals surface area contributed by atoms with Crippen LogP contribution in [0.15, 0.2) is 36.5 Å². The number of carbonyl (C=O) groups excluding carboxylic acids is 1. The normalized spacial score (nSPS) is 20.8. The van der Waals surface area contributed by atoms with Crippen LogP contribution in [0.25, 0.3) is 11.1 Å². The largest absolute Gasteiger partial charge is 0.416 e. The summed E-state index contributed by atoms with van der Waals surface area (Å²) in [7, 11) is 0. The van der Waals surface area contributed by atoms with Crippen molar-refractivity contribution in [1.82, 2.24) is 4.98 Å². The predicted octanol–water partition coefficient (Wildman–Crippen LogP) is 3.88. The summed E-state index contributed by atoms with van der Waals surface area (Å²) in [6.07, 6.45) is -0.261. The molecule has 1 heterocycles. The van der Waals surface area contributed by atoms with Crippen LogP contribution < -0.4 is 5.73 Å². The van der Waals surface area contributed by atoms with Gasteiger partial charge in [-0.2, -0.15) is 13.2 Å². The second-order valence-electron chi connectivity index (χ2n) is 6.55. The lowest BCUT2D eigenvalue weighted by atomic mass is 9.82. The standard InChI is InChI=1S/C19H19F3N2O2/c20-19(21,22)13-7-5-11(6-8-13)12-9-15(18(23)26)17(24-10-12)14-3-1-2-4-16(14)25/h5-10,14,16,25H,1-4H2,(H2,23,26)/t14-,16+/m0/s1.